The van der Waals surface area contributed by atoms with E-state index in [9.17, 15) is 9.67 Å². The number of amidine groups is 2. The highest BCUT2D eigenvalue weighted by molar-refractivity contribution is 7.81. The Kier molecular flexibility index (Phi) is 4.41. The van der Waals surface area contributed by atoms with Gasteiger partial charge < -0.3 is 19.6 Å². The van der Waals surface area contributed by atoms with Crippen LogP contribution in [0.3, 0.4) is 0 Å². The maximum Gasteiger partial charge on any atom is 0.469 e. The first-order valence-electron chi connectivity index (χ1n) is 6.89. The van der Waals surface area contributed by atoms with Crippen LogP contribution in [0.25, 0.3) is 0 Å². The lowest BCUT2D eigenvalue weighted by molar-refractivity contribution is -0.0424. The van der Waals surface area contributed by atoms with E-state index >= 15 is 0 Å². The number of ether oxygens (including phenoxy) is 1. The number of hydrogen-bond donors (Lipinski definition) is 5. The number of thiol groups is 1. The van der Waals surface area contributed by atoms with Crippen LogP contribution < -0.4 is 0 Å². The van der Waals surface area contributed by atoms with E-state index in [-0.39, 0.29) is 5.84 Å². The summed E-state index contributed by atoms with van der Waals surface area (Å²) in [6.07, 6.45) is -0.244. The third kappa shape index (κ3) is 2.94. The minimum atomic E-state index is -4.68. The van der Waals surface area contributed by atoms with Gasteiger partial charge >= 0.3 is 7.82 Å². The Labute approximate surface area is 142 Å². The number of aliphatic hydroxyl groups excluding tert-OH is 1. The van der Waals surface area contributed by atoms with Gasteiger partial charge in [-0.3, -0.25) is 19.8 Å². The van der Waals surface area contributed by atoms with Gasteiger partial charge in [-0.15, -0.1) is 0 Å². The van der Waals surface area contributed by atoms with Crippen LogP contribution in [0, 0.1) is 5.41 Å². The molecule has 3 heterocycles. The van der Waals surface area contributed by atoms with Crippen LogP contribution >= 0.6 is 20.5 Å². The maximum absolute atomic E-state index is 10.8. The lowest BCUT2D eigenvalue weighted by atomic mass is 9.99. The Bertz CT molecular complexity index is 694. The van der Waals surface area contributed by atoms with Crippen LogP contribution in [0.15, 0.2) is 15.0 Å². The molecule has 0 aromatic carbocycles. The number of nitrogens with zero attached hydrogens (tertiary/aromatic N) is 4. The van der Waals surface area contributed by atoms with Gasteiger partial charge in [-0.1, -0.05) is 0 Å². The van der Waals surface area contributed by atoms with Crippen LogP contribution in [0.2, 0.25) is 0 Å². The van der Waals surface area contributed by atoms with Gasteiger partial charge in [0.25, 0.3) is 0 Å². The van der Waals surface area contributed by atoms with Crippen LogP contribution in [0.5, 0.6) is 0 Å². The number of phosphoric acid groups is 1. The molecule has 1 fully saturated rings. The van der Waals surface area contributed by atoms with Gasteiger partial charge in [0.15, 0.2) is 17.6 Å². The largest absolute Gasteiger partial charge is 0.469 e. The van der Waals surface area contributed by atoms with Crippen LogP contribution in [0.1, 0.15) is 6.92 Å². The molecule has 5 atom stereocenters. The van der Waals surface area contributed by atoms with Crippen LogP contribution in [0.4, 0.5) is 0 Å². The zero-order valence-electron chi connectivity index (χ0n) is 12.4. The van der Waals surface area contributed by atoms with Gasteiger partial charge in [-0.2, -0.15) is 12.6 Å². The smallest absolute Gasteiger partial charge is 0.389 e. The molecule has 3 aliphatic heterocycles. The summed E-state index contributed by atoms with van der Waals surface area (Å²) in [5.74, 6) is 0.414. The number of hydrogen-bond acceptors (Lipinski definition) is 9. The van der Waals surface area contributed by atoms with Gasteiger partial charge in [0.05, 0.1) is 24.3 Å². The van der Waals surface area contributed by atoms with E-state index in [1.807, 2.05) is 0 Å². The summed E-state index contributed by atoms with van der Waals surface area (Å²) in [6, 6.07) is 0. The summed E-state index contributed by atoms with van der Waals surface area (Å²) >= 11 is 4.32. The molecular formula is C11H16N5O6PS. The zero-order chi connectivity index (χ0) is 17.7. The Morgan fingerprint density at radius 3 is 2.96 bits per heavy atom. The third-order valence-electron chi connectivity index (χ3n) is 3.97. The fourth-order valence-electron chi connectivity index (χ4n) is 2.62. The van der Waals surface area contributed by atoms with Crippen molar-refractivity contribution in [2.24, 2.45) is 15.0 Å². The predicted molar refractivity (Wildman–Crippen MR) is 87.8 cm³/mol. The molecule has 0 saturated carbocycles. The molecule has 0 amide bonds. The average molecular weight is 377 g/mol. The van der Waals surface area contributed by atoms with E-state index in [1.54, 1.807) is 6.92 Å². The van der Waals surface area contributed by atoms with E-state index in [2.05, 4.69) is 32.1 Å². The summed E-state index contributed by atoms with van der Waals surface area (Å²) in [5, 5.41) is 17.4. The lowest BCUT2D eigenvalue weighted by Crippen LogP contribution is -2.51. The highest BCUT2D eigenvalue weighted by atomic mass is 32.1. The molecule has 0 aliphatic carbocycles. The maximum atomic E-state index is 10.8. The van der Waals surface area contributed by atoms with Crippen molar-refractivity contribution in [3.05, 3.63) is 0 Å². The second-order valence-corrected chi connectivity index (χ2v) is 7.44. The number of fused-ring (bicyclic) bond motifs is 1. The first-order valence-corrected chi connectivity index (χ1v) is 8.93. The number of nitrogens with one attached hydrogen (secondary N) is 1. The Hall–Kier alpha value is -1.14. The minimum Gasteiger partial charge on any atom is -0.389 e. The molecule has 3 rings (SSSR count). The van der Waals surface area contributed by atoms with Gasteiger partial charge in [0, 0.05) is 0 Å². The molecule has 4 N–H and O–H groups in total. The van der Waals surface area contributed by atoms with E-state index in [4.69, 9.17) is 19.9 Å². The van der Waals surface area contributed by atoms with Gasteiger partial charge in [0.2, 0.25) is 0 Å². The summed E-state index contributed by atoms with van der Waals surface area (Å²) in [7, 11) is -4.68. The van der Waals surface area contributed by atoms with E-state index in [0.29, 0.717) is 5.84 Å². The second-order valence-electron chi connectivity index (χ2n) is 5.60. The fourth-order valence-corrected chi connectivity index (χ4v) is 3.37. The number of phosphoric ester groups is 1. The summed E-state index contributed by atoms with van der Waals surface area (Å²) in [5.41, 5.74) is -1.04. The molecule has 0 aromatic heterocycles. The Balaban J connectivity index is 1.77. The van der Waals surface area contributed by atoms with Crippen LogP contribution in [-0.4, -0.2) is 80.0 Å². The van der Waals surface area contributed by atoms with Gasteiger partial charge in [0.1, 0.15) is 18.3 Å². The topological polar surface area (TPSA) is 160 Å². The van der Waals surface area contributed by atoms with Crippen molar-refractivity contribution in [1.29, 1.82) is 5.41 Å². The second kappa shape index (κ2) is 5.99. The predicted octanol–water partition coefficient (Wildman–Crippen LogP) is -1.000. The highest BCUT2D eigenvalue weighted by Gasteiger charge is 2.52. The molecule has 1 unspecified atom stereocenters. The molecule has 11 nitrogen and oxygen atoms in total. The first kappa shape index (κ1) is 17.7. The molecular weight excluding hydrogens is 361 g/mol. The van der Waals surface area contributed by atoms with Crippen molar-refractivity contribution in [2.45, 2.75) is 36.1 Å². The lowest BCUT2D eigenvalue weighted by Gasteiger charge is -2.31. The zero-order valence-corrected chi connectivity index (χ0v) is 14.2. The highest BCUT2D eigenvalue weighted by Crippen LogP contribution is 2.39. The molecule has 0 radical (unpaired) electrons. The Morgan fingerprint density at radius 2 is 2.29 bits per heavy atom. The standard InChI is InChI=1S/C11H16N5O6PS/c1-11-9(12)13-3-14-10(11)16(4-15-11)8-7(24)6(17)5(22-8)2-21-23(18,19)20/h3-8,12,17,24H,2H2,1H3,(H2,18,19,20)/t5-,6-,7-,8-,11?/m1/s1. The molecule has 1 saturated heterocycles. The van der Waals surface area contributed by atoms with Crippen molar-refractivity contribution in [3.63, 3.8) is 0 Å². The SMILES string of the molecule is CC12N=CN([C@@H]3O[C@H](COP(=O)(O)O)[C@@H](O)[C@H]3S)C1=NC=NC2=N. The molecule has 0 spiro atoms. The van der Waals surface area contributed by atoms with Crippen molar-refractivity contribution in [1.82, 2.24) is 4.90 Å². The number of rotatable bonds is 4. The van der Waals surface area contributed by atoms with E-state index in [0.717, 1.165) is 0 Å². The van der Waals surface area contributed by atoms with Gasteiger partial charge in [-0.25, -0.2) is 14.5 Å². The van der Waals surface area contributed by atoms with E-state index in [1.165, 1.54) is 17.6 Å². The van der Waals surface area contributed by atoms with Crippen molar-refractivity contribution in [2.75, 3.05) is 6.61 Å². The molecule has 132 valence electrons. The molecule has 24 heavy (non-hydrogen) atoms. The first-order chi connectivity index (χ1) is 11.1. The average Bonchev–Trinajstić information content (AvgIpc) is 2.97. The molecule has 0 bridgehead atoms. The Morgan fingerprint density at radius 1 is 1.58 bits per heavy atom. The summed E-state index contributed by atoms with van der Waals surface area (Å²) in [6.45, 7) is 1.18. The van der Waals surface area contributed by atoms with Gasteiger partial charge in [-0.05, 0) is 6.92 Å². The van der Waals surface area contributed by atoms with E-state index < -0.39 is 43.7 Å². The summed E-state index contributed by atoms with van der Waals surface area (Å²) in [4.78, 5) is 31.3. The molecule has 3 aliphatic rings. The molecule has 0 aromatic rings. The number of aliphatic imine (C=N–C) groups is 3. The molecule has 13 heteroatoms. The third-order valence-corrected chi connectivity index (χ3v) is 5.01. The number of aliphatic hydroxyl groups is 1. The quantitative estimate of drug-likeness (QED) is 0.310. The summed E-state index contributed by atoms with van der Waals surface area (Å²) < 4.78 is 20.8. The van der Waals surface area contributed by atoms with Crippen molar-refractivity contribution >= 4 is 44.8 Å². The monoisotopic (exact) mass is 377 g/mol. The van der Waals surface area contributed by atoms with Crippen molar-refractivity contribution < 1.29 is 28.7 Å². The fraction of sp³-hybridized carbons (Fsp3) is 0.636. The normalized spacial score (nSPS) is 38.6. The van der Waals surface area contributed by atoms with Crippen molar-refractivity contribution in [3.8, 4) is 0 Å². The van der Waals surface area contributed by atoms with Crippen LogP contribution in [-0.2, 0) is 13.8 Å². The minimum absolute atomic E-state index is 0.0156.